The predicted molar refractivity (Wildman–Crippen MR) is 34.5 cm³/mol. The number of rotatable bonds is 4. The Kier molecular flexibility index (Phi) is 6.99. The minimum absolute atomic E-state index is 0. The fourth-order valence-corrected chi connectivity index (χ4v) is 0.360. The Morgan fingerprint density at radius 3 is 1.25 bits per heavy atom. The van der Waals surface area contributed by atoms with Gasteiger partial charge in [-0.2, -0.15) is 0 Å². The van der Waals surface area contributed by atoms with Crippen molar-refractivity contribution in [2.45, 2.75) is 0 Å². The second-order valence-electron chi connectivity index (χ2n) is 1.20. The molecule has 0 radical (unpaired) electrons. The molecule has 0 aliphatic rings. The zero-order chi connectivity index (χ0) is 9.12. The quantitative estimate of drug-likeness (QED) is 0.190. The summed E-state index contributed by atoms with van der Waals surface area (Å²) in [6, 6.07) is 0. The summed E-state index contributed by atoms with van der Waals surface area (Å²) in [5.74, 6) is 0. The van der Waals surface area contributed by atoms with Crippen molar-refractivity contribution in [3.63, 3.8) is 0 Å². The predicted octanol–water partition coefficient (Wildman–Crippen LogP) is -1.60. The summed E-state index contributed by atoms with van der Waals surface area (Å²) < 4.78 is 25.6. The fourth-order valence-electron chi connectivity index (χ4n) is 0.0929. The minimum atomic E-state index is -4.94. The van der Waals surface area contributed by atoms with Gasteiger partial charge >= 0.3 is 34.5 Å². The van der Waals surface area contributed by atoms with Crippen LogP contribution in [0.1, 0.15) is 0 Å². The fraction of sp³-hybridized carbons (Fsp3) is 0. The molecule has 0 atom stereocenters. The Morgan fingerprint density at radius 1 is 0.833 bits per heavy atom. The van der Waals surface area contributed by atoms with Gasteiger partial charge in [0.05, 0.1) is 0 Å². The van der Waals surface area contributed by atoms with Crippen LogP contribution >= 0.6 is 15.6 Å². The van der Waals surface area contributed by atoms with Gasteiger partial charge in [0.25, 0.3) is 0 Å². The third-order valence-corrected chi connectivity index (χ3v) is 0.765. The molecule has 9 nitrogen and oxygen atoms in total. The summed E-state index contributed by atoms with van der Waals surface area (Å²) in [6.45, 7) is 0. The van der Waals surface area contributed by atoms with E-state index in [1.54, 1.807) is 0 Å². The molecule has 12 heteroatoms. The normalized spacial score (nSPS) is 12.3. The summed E-state index contributed by atoms with van der Waals surface area (Å²) in [5.41, 5.74) is 0. The standard InChI is InChI=1S/Li.H4O9P2.H/c;1-10(2,3)8-7-9-11(4,5)6;/h;(H2,1,2,3)(H2,4,5,6);. The van der Waals surface area contributed by atoms with Gasteiger partial charge in [-0.15, -0.1) is 0 Å². The molecule has 0 unspecified atom stereocenters. The average Bonchev–Trinajstić information content (AvgIpc) is 1.55. The molecule has 70 valence electrons. The molecule has 0 bridgehead atoms. The first-order valence-corrected chi connectivity index (χ1v) is 4.92. The van der Waals surface area contributed by atoms with Crippen LogP contribution in [0.4, 0.5) is 0 Å². The molecule has 0 aliphatic heterocycles. The SMILES string of the molecule is O=P(O)(O)OOOP(=O)(O)O.[LiH]. The Morgan fingerprint density at radius 2 is 1.08 bits per heavy atom. The van der Waals surface area contributed by atoms with Crippen molar-refractivity contribution < 1.29 is 43.1 Å². The van der Waals surface area contributed by atoms with Gasteiger partial charge in [0.15, 0.2) is 0 Å². The van der Waals surface area contributed by atoms with E-state index < -0.39 is 15.6 Å². The van der Waals surface area contributed by atoms with E-state index in [-0.39, 0.29) is 18.9 Å². The molecular weight excluding hydrogens is 213 g/mol. The van der Waals surface area contributed by atoms with Crippen LogP contribution in [0.3, 0.4) is 0 Å². The van der Waals surface area contributed by atoms with E-state index in [1.807, 2.05) is 0 Å². The summed E-state index contributed by atoms with van der Waals surface area (Å²) in [4.78, 5) is 31.4. The van der Waals surface area contributed by atoms with E-state index in [9.17, 15) is 9.13 Å². The van der Waals surface area contributed by atoms with Gasteiger partial charge in [0.2, 0.25) is 0 Å². The molecule has 0 aliphatic carbocycles. The van der Waals surface area contributed by atoms with Crippen molar-refractivity contribution in [3.05, 3.63) is 0 Å². The van der Waals surface area contributed by atoms with Crippen LogP contribution in [0.15, 0.2) is 0 Å². The zero-order valence-electron chi connectivity index (χ0n) is 4.72. The molecule has 0 spiro atoms. The molecule has 0 aromatic rings. The number of phosphoric acid groups is 2. The second-order valence-corrected chi connectivity index (χ2v) is 3.46. The van der Waals surface area contributed by atoms with E-state index >= 15 is 0 Å². The second kappa shape index (κ2) is 5.50. The first-order valence-electron chi connectivity index (χ1n) is 1.86. The summed E-state index contributed by atoms with van der Waals surface area (Å²) >= 11 is 0. The molecule has 0 saturated carbocycles. The van der Waals surface area contributed by atoms with E-state index in [2.05, 4.69) is 14.4 Å². The monoisotopic (exact) mass is 218 g/mol. The van der Waals surface area contributed by atoms with Gasteiger partial charge in [-0.25, -0.2) is 9.13 Å². The van der Waals surface area contributed by atoms with Crippen molar-refractivity contribution in [1.82, 2.24) is 0 Å². The number of hydrogen-bond acceptors (Lipinski definition) is 5. The maximum absolute atomic E-state index is 9.73. The molecule has 0 saturated heterocycles. The molecule has 0 rings (SSSR count). The van der Waals surface area contributed by atoms with Crippen molar-refractivity contribution in [1.29, 1.82) is 0 Å². The first kappa shape index (κ1) is 15.3. The molecule has 0 heterocycles. The molecule has 0 fully saturated rings. The Labute approximate surface area is 78.1 Å². The Hall–Kier alpha value is 0.777. The van der Waals surface area contributed by atoms with Gasteiger partial charge in [-0.3, -0.25) is 0 Å². The maximum atomic E-state index is 9.73. The van der Waals surface area contributed by atoms with Crippen LogP contribution in [0.25, 0.3) is 0 Å². The summed E-state index contributed by atoms with van der Waals surface area (Å²) in [6.07, 6.45) is 0. The van der Waals surface area contributed by atoms with E-state index in [4.69, 9.17) is 19.6 Å². The molecule has 0 aromatic carbocycles. The van der Waals surface area contributed by atoms with Crippen LogP contribution in [0.2, 0.25) is 0 Å². The van der Waals surface area contributed by atoms with Gasteiger partial charge in [0, 0.05) is 0 Å². The van der Waals surface area contributed by atoms with Gasteiger partial charge < -0.3 is 19.6 Å². The first-order chi connectivity index (χ1) is 4.71. The third kappa shape index (κ3) is 13.4. The molecule has 0 aromatic heterocycles. The van der Waals surface area contributed by atoms with Gasteiger partial charge in [-0.1, -0.05) is 9.35 Å². The summed E-state index contributed by atoms with van der Waals surface area (Å²) in [7, 11) is -9.88. The third-order valence-electron chi connectivity index (χ3n) is 0.255. The Balaban J connectivity index is 0. The van der Waals surface area contributed by atoms with Crippen molar-refractivity contribution >= 4 is 34.5 Å². The van der Waals surface area contributed by atoms with E-state index in [1.165, 1.54) is 0 Å². The van der Waals surface area contributed by atoms with Gasteiger partial charge in [0.1, 0.15) is 0 Å². The van der Waals surface area contributed by atoms with Crippen molar-refractivity contribution in [2.24, 2.45) is 0 Å². The molecule has 4 N–H and O–H groups in total. The van der Waals surface area contributed by atoms with Crippen LogP contribution in [0, 0.1) is 0 Å². The van der Waals surface area contributed by atoms with E-state index in [0.717, 1.165) is 0 Å². The zero-order valence-corrected chi connectivity index (χ0v) is 6.51. The van der Waals surface area contributed by atoms with Crippen LogP contribution < -0.4 is 0 Å². The van der Waals surface area contributed by atoms with Crippen LogP contribution in [-0.2, 0) is 23.5 Å². The summed E-state index contributed by atoms with van der Waals surface area (Å²) in [5, 5.41) is 3.04. The number of hydrogen-bond donors (Lipinski definition) is 4. The molecule has 0 amide bonds. The topological polar surface area (TPSA) is 143 Å². The average molecular weight is 218 g/mol. The van der Waals surface area contributed by atoms with Crippen molar-refractivity contribution in [3.8, 4) is 0 Å². The van der Waals surface area contributed by atoms with Crippen molar-refractivity contribution in [2.75, 3.05) is 0 Å². The van der Waals surface area contributed by atoms with E-state index in [0.29, 0.717) is 0 Å². The Bertz CT molecular complexity index is 175. The molecular formula is H5LiO9P2. The van der Waals surface area contributed by atoms with Crippen LogP contribution in [-0.4, -0.2) is 38.4 Å². The van der Waals surface area contributed by atoms with Gasteiger partial charge in [-0.05, 0) is 5.04 Å². The van der Waals surface area contributed by atoms with Crippen LogP contribution in [0.5, 0.6) is 0 Å². The molecule has 12 heavy (non-hydrogen) atoms.